The van der Waals surface area contributed by atoms with Crippen LogP contribution in [0.5, 0.6) is 0 Å². The van der Waals surface area contributed by atoms with Crippen LogP contribution in [0.15, 0.2) is 89.5 Å². The van der Waals surface area contributed by atoms with Crippen LogP contribution in [-0.4, -0.2) is 199 Å². The fourth-order valence-corrected chi connectivity index (χ4v) is 14.7. The van der Waals surface area contributed by atoms with Crippen molar-refractivity contribution >= 4 is 110 Å². The van der Waals surface area contributed by atoms with Gasteiger partial charge in [0, 0.05) is 130 Å². The van der Waals surface area contributed by atoms with Gasteiger partial charge in [-0.15, -0.1) is 0 Å². The number of amides is 5. The molecule has 30 nitrogen and oxygen atoms in total. The fraction of sp³-hybridized carbons (Fsp3) is 0.562. The van der Waals surface area contributed by atoms with Crippen molar-refractivity contribution in [3.05, 3.63) is 101 Å². The second-order valence-corrected chi connectivity index (χ2v) is 31.4. The van der Waals surface area contributed by atoms with E-state index in [1.807, 2.05) is 68.7 Å². The third kappa shape index (κ3) is 28.1. The number of nitrogens with one attached hydrogen (secondary N) is 4. The van der Waals surface area contributed by atoms with E-state index in [-0.39, 0.29) is 60.8 Å². The number of carbonyl (C=O) groups is 14. The smallest absolute Gasteiger partial charge is 0.303 e. The van der Waals surface area contributed by atoms with Gasteiger partial charge in [-0.3, -0.25) is 71.7 Å². The van der Waals surface area contributed by atoms with E-state index in [1.165, 1.54) is 40.8 Å². The van der Waals surface area contributed by atoms with Crippen molar-refractivity contribution in [2.45, 2.75) is 243 Å². The first-order chi connectivity index (χ1) is 52.2. The highest BCUT2D eigenvalue weighted by Gasteiger charge is 2.46. The summed E-state index contributed by atoms with van der Waals surface area (Å²) in [5.74, 6) is -16.9. The van der Waals surface area contributed by atoms with Crippen LogP contribution in [-0.2, 0) is 92.8 Å². The molecule has 2 aromatic carbocycles. The van der Waals surface area contributed by atoms with E-state index in [2.05, 4.69) is 78.1 Å². The molecule has 0 unspecified atom stereocenters. The molecule has 2 aromatic rings. The summed E-state index contributed by atoms with van der Waals surface area (Å²) in [6.45, 7) is 18.4. The largest absolute Gasteiger partial charge is 0.481 e. The van der Waals surface area contributed by atoms with E-state index in [0.29, 0.717) is 49.9 Å². The zero-order valence-corrected chi connectivity index (χ0v) is 65.7. The van der Waals surface area contributed by atoms with Gasteiger partial charge in [0.25, 0.3) is 10.1 Å². The summed E-state index contributed by atoms with van der Waals surface area (Å²) in [7, 11) is -4.57. The van der Waals surface area contributed by atoms with E-state index in [0.717, 1.165) is 18.0 Å². The molecule has 0 spiro atoms. The molecule has 7 atom stereocenters. The Morgan fingerprint density at radius 1 is 0.613 bits per heavy atom. The van der Waals surface area contributed by atoms with Crippen LogP contribution in [0, 0.1) is 24.7 Å². The Balaban J connectivity index is 1.24. The van der Waals surface area contributed by atoms with Gasteiger partial charge in [-0.1, -0.05) is 75.8 Å². The van der Waals surface area contributed by atoms with Gasteiger partial charge in [0.05, 0.1) is 34.5 Å². The second kappa shape index (κ2) is 43.1. The number of unbranched alkanes of at least 4 members (excludes halogenated alkanes) is 2. The number of carbonyl (C=O) groups excluding carboxylic acids is 9. The number of ether oxygens (including phenoxy) is 1. The monoisotopic (exact) mass is 1570 g/mol. The first-order valence-electron chi connectivity index (χ1n) is 37.8. The van der Waals surface area contributed by atoms with Crippen LogP contribution < -0.4 is 26.2 Å². The van der Waals surface area contributed by atoms with Crippen LogP contribution in [0.2, 0.25) is 0 Å². The number of nitrogens with zero attached hydrogens (tertiary/aromatic N) is 3. The van der Waals surface area contributed by atoms with Gasteiger partial charge in [0.2, 0.25) is 35.2 Å². The molecule has 1 fully saturated rings. The van der Waals surface area contributed by atoms with Crippen LogP contribution in [0.25, 0.3) is 0 Å². The third-order valence-corrected chi connectivity index (χ3v) is 21.1. The van der Waals surface area contributed by atoms with Crippen LogP contribution >= 0.6 is 0 Å². The molecule has 0 saturated carbocycles. The number of carboxylic acid groups (broad SMARTS) is 5. The molecule has 608 valence electrons. The number of likely N-dealkylation sites (N-methyl/N-ethyl adjacent to an activating group) is 1. The molecule has 0 aliphatic carbocycles. The third-order valence-electron chi connectivity index (χ3n) is 20.2. The number of allylic oxidation sites excluding steroid dienone is 8. The van der Waals surface area contributed by atoms with E-state index in [1.54, 1.807) is 6.07 Å². The van der Waals surface area contributed by atoms with Gasteiger partial charge in [-0.2, -0.15) is 13.0 Å². The van der Waals surface area contributed by atoms with Crippen LogP contribution in [0.4, 0.5) is 11.4 Å². The Morgan fingerprint density at radius 2 is 1.15 bits per heavy atom. The number of carboxylic acids is 5. The van der Waals surface area contributed by atoms with E-state index in [4.69, 9.17) is 4.74 Å². The summed E-state index contributed by atoms with van der Waals surface area (Å²) in [6.07, 6.45) is 7.49. The molecule has 3 aliphatic rings. The minimum atomic E-state index is -4.57. The predicted octanol–water partition coefficient (Wildman–Crippen LogP) is 7.95. The lowest BCUT2D eigenvalue weighted by molar-refractivity contribution is -0.438. The van der Waals surface area contributed by atoms with Gasteiger partial charge in [-0.25, -0.2) is 0 Å². The maximum atomic E-state index is 14.3. The molecule has 3 aliphatic heterocycles. The number of likely N-dealkylation sites (tertiary alicyclic amines) is 1. The fourth-order valence-electron chi connectivity index (χ4n) is 14.2. The molecule has 0 bridgehead atoms. The standard InChI is InChI=1S/C80H109N7O23S/c1-10-85-61-33-26-50(4)44-55(61)79(6,7)67(85)23-15-12-11-13-16-24-68-80(8,9)56-47-54(111(107,108)109)29-34-62(56)86(68)40-18-14-17-25-69(92)81-58(31-38-74(100)101)65(90)45-52(27-35-71(94)95)77(105)83-59(32-39-75(102)103)66(91)46-53(28-36-72(96)97)76(104)82-57(30-37-73(98)99)64(89)22-20-42-110-48-70(93)87-41-19-21-63(87)78(106)84-60(51(5)88)43-49(2)3/h11-13,15-16,23-24,26,29,33-34,44,47,49,52-53,57-60,63H,10,14,17-22,25,27-28,30-32,35-43,45-46,48H2,1-9H3,(H9-,81,82,83,84,92,94,95,96,97,98,99,100,101,102,103,104,105,106,107,108,109)/p+1/t52-,53-,57+,58+,59+,60-,63-/m0/s1. The molecular formula is C80H110N7O23S+. The van der Waals surface area contributed by atoms with Crippen LogP contribution in [0.1, 0.15) is 207 Å². The minimum Gasteiger partial charge on any atom is -0.481 e. The normalized spacial score (nSPS) is 17.1. The Kier molecular flexibility index (Phi) is 35.6. The van der Waals surface area contributed by atoms with Gasteiger partial charge < -0.3 is 61.3 Å². The van der Waals surface area contributed by atoms with Crippen LogP contribution in [0.3, 0.4) is 0 Å². The average molecular weight is 1570 g/mol. The highest BCUT2D eigenvalue weighted by Crippen LogP contribution is 2.48. The highest BCUT2D eigenvalue weighted by molar-refractivity contribution is 7.85. The number of aliphatic carboxylic acids is 5. The Bertz CT molecular complexity index is 4060. The number of hydrogen-bond donors (Lipinski definition) is 10. The number of anilines is 1. The molecule has 31 heteroatoms. The zero-order chi connectivity index (χ0) is 82.7. The lowest BCUT2D eigenvalue weighted by atomic mass is 9.81. The number of ketones is 4. The lowest BCUT2D eigenvalue weighted by Crippen LogP contribution is -2.51. The molecule has 0 aromatic heterocycles. The zero-order valence-electron chi connectivity index (χ0n) is 64.9. The van der Waals surface area contributed by atoms with E-state index in [9.17, 15) is 106 Å². The predicted molar refractivity (Wildman–Crippen MR) is 409 cm³/mol. The number of benzene rings is 2. The Morgan fingerprint density at radius 3 is 1.69 bits per heavy atom. The molecule has 5 amide bonds. The van der Waals surface area contributed by atoms with Crippen molar-refractivity contribution in [3.8, 4) is 0 Å². The van der Waals surface area contributed by atoms with Crippen molar-refractivity contribution in [2.24, 2.45) is 17.8 Å². The number of aryl methyl sites for hydroxylation is 1. The average Bonchev–Trinajstić information content (AvgIpc) is 1.60. The van der Waals surface area contributed by atoms with E-state index >= 15 is 0 Å². The lowest BCUT2D eigenvalue weighted by Gasteiger charge is -2.26. The van der Waals surface area contributed by atoms with Crippen molar-refractivity contribution in [1.82, 2.24) is 26.2 Å². The molecule has 0 radical (unpaired) electrons. The van der Waals surface area contributed by atoms with Gasteiger partial charge in [0.15, 0.2) is 28.8 Å². The van der Waals surface area contributed by atoms with Crippen molar-refractivity contribution in [3.63, 3.8) is 0 Å². The molecule has 10 N–H and O–H groups in total. The first kappa shape index (κ1) is 91.7. The highest BCUT2D eigenvalue weighted by atomic mass is 32.2. The number of rotatable bonds is 50. The SMILES string of the molecule is CCN1C(=CC=CC=CC=CC2=[N+](CCCCCC(=O)N[C@H](CCC(=O)O)C(=O)C[C@H](CCC(=O)O)C(=O)N[C@H](CCC(=O)O)C(=O)C[C@H](CCC(=O)O)C(=O)N[C@H](CCC(=O)O)C(=O)CCCOCC(=O)N3CCC[C@H]3C(=O)N[C@@H](CC(C)C)C(C)=O)c3ccc(S(=O)(=O)O)cc3C2(C)C)C(C)(C)c2cc(C)ccc21. The minimum absolute atomic E-state index is 0.0495. The summed E-state index contributed by atoms with van der Waals surface area (Å²) in [5, 5.41) is 58.4. The Labute approximate surface area is 647 Å². The first-order valence-corrected chi connectivity index (χ1v) is 39.2. The summed E-state index contributed by atoms with van der Waals surface area (Å²) < 4.78 is 42.3. The summed E-state index contributed by atoms with van der Waals surface area (Å²) in [4.78, 5) is 186. The number of Topliss-reactive ketones (excluding diaryl/α,β-unsaturated/α-hetero) is 4. The number of fused-ring (bicyclic) bond motifs is 2. The molecular weight excluding hydrogens is 1460 g/mol. The van der Waals surface area contributed by atoms with Gasteiger partial charge in [0.1, 0.15) is 19.2 Å². The molecule has 5 rings (SSSR count). The van der Waals surface area contributed by atoms with Crippen molar-refractivity contribution in [2.75, 3.05) is 37.7 Å². The van der Waals surface area contributed by atoms with Crippen molar-refractivity contribution < 1.29 is 115 Å². The van der Waals surface area contributed by atoms with Gasteiger partial charge >= 0.3 is 29.8 Å². The summed E-state index contributed by atoms with van der Waals surface area (Å²) in [6, 6.07) is 4.45. The second-order valence-electron chi connectivity index (χ2n) is 30.0. The summed E-state index contributed by atoms with van der Waals surface area (Å²) in [5.41, 5.74) is 5.96. The topological polar surface area (TPSA) is 461 Å². The maximum absolute atomic E-state index is 14.3. The Hall–Kier alpha value is -9.88. The molecule has 111 heavy (non-hydrogen) atoms. The number of hydrogen-bond acceptors (Lipinski definition) is 18. The molecule has 3 heterocycles. The van der Waals surface area contributed by atoms with Gasteiger partial charge in [-0.05, 0) is 141 Å². The van der Waals surface area contributed by atoms with Crippen molar-refractivity contribution in [1.29, 1.82) is 0 Å². The summed E-state index contributed by atoms with van der Waals surface area (Å²) >= 11 is 0. The quantitative estimate of drug-likeness (QED) is 0.0130. The molecule has 1 saturated heterocycles. The maximum Gasteiger partial charge on any atom is 0.303 e. The van der Waals surface area contributed by atoms with E-state index < -0.39 is 218 Å².